The average molecular weight is 312 g/mol. The highest BCUT2D eigenvalue weighted by molar-refractivity contribution is 6.52. The summed E-state index contributed by atoms with van der Waals surface area (Å²) in [7, 11) is 3.09. The molecule has 5 nitrogen and oxygen atoms in total. The molecule has 0 radical (unpaired) electrons. The fourth-order valence-electron chi connectivity index (χ4n) is 2.03. The first-order valence-corrected chi connectivity index (χ1v) is 6.83. The van der Waals surface area contributed by atoms with Gasteiger partial charge in [0.2, 0.25) is 0 Å². The summed E-state index contributed by atoms with van der Waals surface area (Å²) in [6.45, 7) is 0. The van der Waals surface area contributed by atoms with Crippen LogP contribution in [0.4, 0.5) is 0 Å². The van der Waals surface area contributed by atoms with Gasteiger partial charge in [-0.25, -0.2) is 4.79 Å². The Morgan fingerprint density at radius 2 is 1.35 bits per heavy atom. The van der Waals surface area contributed by atoms with Gasteiger partial charge in [0.1, 0.15) is 11.5 Å². The van der Waals surface area contributed by atoms with Crippen molar-refractivity contribution in [3.63, 3.8) is 0 Å². The van der Waals surface area contributed by atoms with Crippen molar-refractivity contribution in [2.24, 2.45) is 0 Å². The number of hydrogen-bond donors (Lipinski definition) is 1. The number of rotatable bonds is 6. The van der Waals surface area contributed by atoms with E-state index in [4.69, 9.17) is 14.6 Å². The first-order valence-electron chi connectivity index (χ1n) is 6.83. The Labute approximate surface area is 133 Å². The van der Waals surface area contributed by atoms with Crippen LogP contribution in [0.2, 0.25) is 0 Å². The number of ketones is 1. The monoisotopic (exact) mass is 312 g/mol. The highest BCUT2D eigenvalue weighted by Crippen LogP contribution is 2.23. The SMILES string of the molecule is COc1ccc(/C=C(\C(=O)C(=O)O)c2ccc(OC)cc2)cc1. The molecular weight excluding hydrogens is 296 g/mol. The summed E-state index contributed by atoms with van der Waals surface area (Å²) in [5.74, 6) is -1.16. The summed E-state index contributed by atoms with van der Waals surface area (Å²) >= 11 is 0. The van der Waals surface area contributed by atoms with E-state index in [2.05, 4.69) is 0 Å². The van der Waals surface area contributed by atoms with Crippen LogP contribution < -0.4 is 9.47 Å². The van der Waals surface area contributed by atoms with E-state index in [1.165, 1.54) is 13.2 Å². The molecule has 2 aromatic carbocycles. The number of methoxy groups -OCH3 is 2. The summed E-state index contributed by atoms with van der Waals surface area (Å²) in [5.41, 5.74) is 1.31. The molecule has 0 saturated heterocycles. The first-order chi connectivity index (χ1) is 11.0. The molecule has 0 atom stereocenters. The van der Waals surface area contributed by atoms with Gasteiger partial charge < -0.3 is 14.6 Å². The van der Waals surface area contributed by atoms with Crippen molar-refractivity contribution in [2.75, 3.05) is 14.2 Å². The summed E-state index contributed by atoms with van der Waals surface area (Å²) in [6, 6.07) is 13.6. The summed E-state index contributed by atoms with van der Waals surface area (Å²) in [6.07, 6.45) is 1.54. The number of aliphatic carboxylic acids is 1. The molecule has 0 aromatic heterocycles. The molecule has 0 unspecified atom stereocenters. The van der Waals surface area contributed by atoms with Gasteiger partial charge in [-0.05, 0) is 41.5 Å². The Kier molecular flexibility index (Phi) is 5.15. The highest BCUT2D eigenvalue weighted by atomic mass is 16.5. The molecule has 0 aliphatic carbocycles. The minimum Gasteiger partial charge on any atom is -0.497 e. The van der Waals surface area contributed by atoms with E-state index < -0.39 is 11.8 Å². The number of carboxylic acid groups (broad SMARTS) is 1. The minimum absolute atomic E-state index is 0.102. The van der Waals surface area contributed by atoms with Crippen LogP contribution in [0.15, 0.2) is 48.5 Å². The Morgan fingerprint density at radius 3 is 1.78 bits per heavy atom. The minimum atomic E-state index is -1.50. The fraction of sp³-hybridized carbons (Fsp3) is 0.111. The van der Waals surface area contributed by atoms with Crippen molar-refractivity contribution in [1.29, 1.82) is 0 Å². The molecular formula is C18H16O5. The Hall–Kier alpha value is -3.08. The molecule has 23 heavy (non-hydrogen) atoms. The average Bonchev–Trinajstić information content (AvgIpc) is 2.59. The van der Waals surface area contributed by atoms with Gasteiger partial charge in [-0.2, -0.15) is 0 Å². The van der Waals surface area contributed by atoms with Crippen molar-refractivity contribution in [2.45, 2.75) is 0 Å². The van der Waals surface area contributed by atoms with E-state index in [-0.39, 0.29) is 5.57 Å². The number of hydrogen-bond acceptors (Lipinski definition) is 4. The largest absolute Gasteiger partial charge is 0.497 e. The van der Waals surface area contributed by atoms with Crippen LogP contribution in [0.3, 0.4) is 0 Å². The van der Waals surface area contributed by atoms with E-state index in [0.717, 1.165) is 0 Å². The van der Waals surface area contributed by atoms with Crippen molar-refractivity contribution in [3.05, 3.63) is 59.7 Å². The van der Waals surface area contributed by atoms with Crippen molar-refractivity contribution >= 4 is 23.4 Å². The smallest absolute Gasteiger partial charge is 0.377 e. The van der Waals surface area contributed by atoms with Gasteiger partial charge in [0, 0.05) is 5.57 Å². The molecule has 0 fully saturated rings. The van der Waals surface area contributed by atoms with Crippen LogP contribution in [0.1, 0.15) is 11.1 Å². The predicted molar refractivity (Wildman–Crippen MR) is 86.5 cm³/mol. The zero-order valence-corrected chi connectivity index (χ0v) is 12.8. The first kappa shape index (κ1) is 16.3. The van der Waals surface area contributed by atoms with Crippen LogP contribution in [0.5, 0.6) is 11.5 Å². The third-order valence-electron chi connectivity index (χ3n) is 3.27. The van der Waals surface area contributed by atoms with E-state index in [9.17, 15) is 9.59 Å². The molecule has 2 rings (SSSR count). The van der Waals surface area contributed by atoms with Gasteiger partial charge in [-0.3, -0.25) is 4.79 Å². The highest BCUT2D eigenvalue weighted by Gasteiger charge is 2.19. The van der Waals surface area contributed by atoms with E-state index in [1.54, 1.807) is 55.6 Å². The molecule has 118 valence electrons. The van der Waals surface area contributed by atoms with Gasteiger partial charge in [0.15, 0.2) is 0 Å². The van der Waals surface area contributed by atoms with Gasteiger partial charge in [-0.1, -0.05) is 24.3 Å². The molecule has 0 heterocycles. The maximum atomic E-state index is 12.0. The van der Waals surface area contributed by atoms with Crippen LogP contribution in [-0.2, 0) is 9.59 Å². The summed E-state index contributed by atoms with van der Waals surface area (Å²) < 4.78 is 10.1. The van der Waals surface area contributed by atoms with Gasteiger partial charge in [0.05, 0.1) is 14.2 Å². The molecule has 0 spiro atoms. The second kappa shape index (κ2) is 7.26. The van der Waals surface area contributed by atoms with Crippen molar-refractivity contribution < 1.29 is 24.2 Å². The second-order valence-corrected chi connectivity index (χ2v) is 4.69. The number of carboxylic acids is 1. The van der Waals surface area contributed by atoms with E-state index >= 15 is 0 Å². The van der Waals surface area contributed by atoms with Crippen LogP contribution >= 0.6 is 0 Å². The van der Waals surface area contributed by atoms with E-state index in [0.29, 0.717) is 22.6 Å². The number of carbonyl (C=O) groups is 2. The summed E-state index contributed by atoms with van der Waals surface area (Å²) in [5, 5.41) is 9.04. The molecule has 5 heteroatoms. The summed E-state index contributed by atoms with van der Waals surface area (Å²) in [4.78, 5) is 23.1. The molecule has 0 amide bonds. The van der Waals surface area contributed by atoms with Gasteiger partial charge in [0.25, 0.3) is 5.78 Å². The maximum absolute atomic E-state index is 12.0. The number of benzene rings is 2. The maximum Gasteiger partial charge on any atom is 0.377 e. The number of ether oxygens (including phenoxy) is 2. The van der Waals surface area contributed by atoms with Crippen LogP contribution in [-0.4, -0.2) is 31.1 Å². The second-order valence-electron chi connectivity index (χ2n) is 4.69. The number of Topliss-reactive ketones (excluding diaryl/α,β-unsaturated/α-hetero) is 1. The third-order valence-corrected chi connectivity index (χ3v) is 3.27. The Balaban J connectivity index is 2.45. The fourth-order valence-corrected chi connectivity index (χ4v) is 2.03. The lowest BCUT2D eigenvalue weighted by Crippen LogP contribution is -2.14. The lowest BCUT2D eigenvalue weighted by atomic mass is 9.99. The molecule has 0 bridgehead atoms. The van der Waals surface area contributed by atoms with Gasteiger partial charge >= 0.3 is 5.97 Å². The van der Waals surface area contributed by atoms with Crippen molar-refractivity contribution in [3.8, 4) is 11.5 Å². The van der Waals surface area contributed by atoms with Crippen LogP contribution in [0.25, 0.3) is 11.6 Å². The lowest BCUT2D eigenvalue weighted by molar-refractivity contribution is -0.146. The molecule has 0 aliphatic rings. The van der Waals surface area contributed by atoms with Crippen molar-refractivity contribution in [1.82, 2.24) is 0 Å². The zero-order valence-electron chi connectivity index (χ0n) is 12.8. The normalized spacial score (nSPS) is 11.0. The molecule has 2 aromatic rings. The van der Waals surface area contributed by atoms with Gasteiger partial charge in [-0.15, -0.1) is 0 Å². The molecule has 1 N–H and O–H groups in total. The Morgan fingerprint density at radius 1 is 0.870 bits per heavy atom. The quantitative estimate of drug-likeness (QED) is 0.504. The van der Waals surface area contributed by atoms with Crippen LogP contribution in [0, 0.1) is 0 Å². The standard InChI is InChI=1S/C18H16O5/c1-22-14-7-3-12(4-8-14)11-16(17(19)18(20)21)13-5-9-15(23-2)10-6-13/h3-11H,1-2H3,(H,20,21)/b16-11-. The molecule has 0 aliphatic heterocycles. The number of carbonyl (C=O) groups excluding carboxylic acids is 1. The third kappa shape index (κ3) is 3.97. The topological polar surface area (TPSA) is 72.8 Å². The molecule has 0 saturated carbocycles. The Bertz CT molecular complexity index is 727. The zero-order chi connectivity index (χ0) is 16.8. The lowest BCUT2D eigenvalue weighted by Gasteiger charge is -2.07. The predicted octanol–water partition coefficient (Wildman–Crippen LogP) is 2.90. The van der Waals surface area contributed by atoms with E-state index in [1.807, 2.05) is 0 Å².